The number of amides is 1. The van der Waals surface area contributed by atoms with Crippen molar-refractivity contribution in [2.75, 3.05) is 11.9 Å². The number of benzene rings is 2. The normalized spacial score (nSPS) is 17.4. The van der Waals surface area contributed by atoms with E-state index >= 15 is 0 Å². The summed E-state index contributed by atoms with van der Waals surface area (Å²) in [5, 5.41) is 2.78. The molecule has 20 heavy (non-hydrogen) atoms. The number of hydrogen-bond acceptors (Lipinski definition) is 2. The molecule has 0 bridgehead atoms. The molecule has 1 amide bonds. The van der Waals surface area contributed by atoms with Gasteiger partial charge in [0.25, 0.3) is 0 Å². The van der Waals surface area contributed by atoms with E-state index in [9.17, 15) is 4.79 Å². The van der Waals surface area contributed by atoms with E-state index in [1.807, 2.05) is 24.3 Å². The number of nitrogens with one attached hydrogen (secondary N) is 1. The Balaban J connectivity index is 2.00. The maximum Gasteiger partial charge on any atom is 0.242 e. The lowest BCUT2D eigenvalue weighted by Gasteiger charge is -2.37. The van der Waals surface area contributed by atoms with Crippen LogP contribution in [0.1, 0.15) is 11.1 Å². The molecule has 0 aromatic heterocycles. The molecule has 1 N–H and O–H groups in total. The molecule has 3 heteroatoms. The number of carbonyl (C=O) groups excluding carboxylic acids is 1. The van der Waals surface area contributed by atoms with Crippen molar-refractivity contribution in [3.8, 4) is 0 Å². The molecule has 2 aromatic rings. The quantitative estimate of drug-likeness (QED) is 0.905. The van der Waals surface area contributed by atoms with Crippen molar-refractivity contribution in [2.24, 2.45) is 0 Å². The molecule has 0 fully saturated rings. The first-order valence-corrected chi connectivity index (χ1v) is 6.89. The molecule has 3 rings (SSSR count). The lowest BCUT2D eigenvalue weighted by atomic mass is 9.93. The predicted molar refractivity (Wildman–Crippen MR) is 80.6 cm³/mol. The van der Waals surface area contributed by atoms with Gasteiger partial charge in [-0.2, -0.15) is 0 Å². The minimum absolute atomic E-state index is 0.0726. The summed E-state index contributed by atoms with van der Waals surface area (Å²) in [6, 6.07) is 18.4. The molecule has 1 atom stereocenters. The fourth-order valence-corrected chi connectivity index (χ4v) is 2.81. The summed E-state index contributed by atoms with van der Waals surface area (Å²) < 4.78 is 0. The van der Waals surface area contributed by atoms with Crippen molar-refractivity contribution in [1.82, 2.24) is 5.32 Å². The van der Waals surface area contributed by atoms with E-state index in [1.165, 1.54) is 11.1 Å². The van der Waals surface area contributed by atoms with Gasteiger partial charge < -0.3 is 10.2 Å². The van der Waals surface area contributed by atoms with E-state index in [-0.39, 0.29) is 11.9 Å². The van der Waals surface area contributed by atoms with Crippen LogP contribution in [0.5, 0.6) is 0 Å². The van der Waals surface area contributed by atoms with Gasteiger partial charge in [0, 0.05) is 25.7 Å². The van der Waals surface area contributed by atoms with Crippen LogP contribution in [0.3, 0.4) is 0 Å². The largest absolute Gasteiger partial charge is 0.357 e. The summed E-state index contributed by atoms with van der Waals surface area (Å²) >= 11 is 0. The van der Waals surface area contributed by atoms with Crippen LogP contribution >= 0.6 is 0 Å². The molecule has 1 unspecified atom stereocenters. The maximum absolute atomic E-state index is 12.2. The summed E-state index contributed by atoms with van der Waals surface area (Å²) in [6.45, 7) is 0.776. The van der Waals surface area contributed by atoms with E-state index < -0.39 is 0 Å². The zero-order valence-electron chi connectivity index (χ0n) is 11.5. The topological polar surface area (TPSA) is 32.3 Å². The zero-order valence-corrected chi connectivity index (χ0v) is 11.5. The molecule has 1 heterocycles. The monoisotopic (exact) mass is 266 g/mol. The van der Waals surface area contributed by atoms with Crippen molar-refractivity contribution >= 4 is 11.6 Å². The third-order valence-electron chi connectivity index (χ3n) is 3.89. The molecular weight excluding hydrogens is 248 g/mol. The molecule has 2 aromatic carbocycles. The minimum Gasteiger partial charge on any atom is -0.357 e. The second-order valence-electron chi connectivity index (χ2n) is 5.07. The lowest BCUT2D eigenvalue weighted by molar-refractivity contribution is -0.122. The standard InChI is InChI=1S/C17H18N2O/c1-18-17(20)16-11-13-7-5-6-8-14(13)12-19(16)15-9-3-2-4-10-15/h2-10,16H,11-12H2,1H3,(H,18,20). The maximum atomic E-state index is 12.2. The Bertz CT molecular complexity index is 609. The Labute approximate surface area is 119 Å². The number of hydrogen-bond donors (Lipinski definition) is 1. The van der Waals surface area contributed by atoms with Crippen molar-refractivity contribution in [2.45, 2.75) is 19.0 Å². The molecular formula is C17H18N2O. The van der Waals surface area contributed by atoms with E-state index in [4.69, 9.17) is 0 Å². The highest BCUT2D eigenvalue weighted by atomic mass is 16.2. The Morgan fingerprint density at radius 2 is 1.70 bits per heavy atom. The summed E-state index contributed by atoms with van der Waals surface area (Å²) in [6.07, 6.45) is 0.755. The molecule has 0 saturated carbocycles. The number of carbonyl (C=O) groups is 1. The third kappa shape index (κ3) is 2.27. The fourth-order valence-electron chi connectivity index (χ4n) is 2.81. The Hall–Kier alpha value is -2.29. The van der Waals surface area contributed by atoms with Crippen molar-refractivity contribution in [3.63, 3.8) is 0 Å². The summed E-state index contributed by atoms with van der Waals surface area (Å²) in [4.78, 5) is 14.4. The average Bonchev–Trinajstić information content (AvgIpc) is 2.53. The van der Waals surface area contributed by atoms with Gasteiger partial charge in [-0.25, -0.2) is 0 Å². The molecule has 0 spiro atoms. The fraction of sp³-hybridized carbons (Fsp3) is 0.235. The van der Waals surface area contributed by atoms with Crippen molar-refractivity contribution in [3.05, 3.63) is 65.7 Å². The molecule has 102 valence electrons. The summed E-state index contributed by atoms with van der Waals surface area (Å²) in [7, 11) is 1.70. The summed E-state index contributed by atoms with van der Waals surface area (Å²) in [5.74, 6) is 0.0726. The van der Waals surface area contributed by atoms with Gasteiger partial charge in [0.1, 0.15) is 6.04 Å². The Kier molecular flexibility index (Phi) is 3.42. The van der Waals surface area contributed by atoms with Crippen LogP contribution < -0.4 is 10.2 Å². The SMILES string of the molecule is CNC(=O)C1Cc2ccccc2CN1c1ccccc1. The molecule has 1 aliphatic rings. The number of rotatable bonds is 2. The first kappa shape index (κ1) is 12.7. The minimum atomic E-state index is -0.141. The Morgan fingerprint density at radius 1 is 1.05 bits per heavy atom. The van der Waals surface area contributed by atoms with E-state index in [2.05, 4.69) is 40.5 Å². The molecule has 0 radical (unpaired) electrons. The molecule has 0 aliphatic carbocycles. The zero-order chi connectivity index (χ0) is 13.9. The van der Waals surface area contributed by atoms with E-state index in [0.29, 0.717) is 0 Å². The van der Waals surface area contributed by atoms with Crippen LogP contribution in [-0.4, -0.2) is 19.0 Å². The van der Waals surface area contributed by atoms with Gasteiger partial charge in [-0.05, 0) is 23.3 Å². The van der Waals surface area contributed by atoms with Gasteiger partial charge in [-0.15, -0.1) is 0 Å². The number of fused-ring (bicyclic) bond motifs is 1. The summed E-state index contributed by atoms with van der Waals surface area (Å²) in [5.41, 5.74) is 3.67. The van der Waals surface area contributed by atoms with Gasteiger partial charge in [-0.3, -0.25) is 4.79 Å². The second kappa shape index (κ2) is 5.37. The van der Waals surface area contributed by atoms with Crippen LogP contribution in [0.25, 0.3) is 0 Å². The highest BCUT2D eigenvalue weighted by Gasteiger charge is 2.30. The average molecular weight is 266 g/mol. The van der Waals surface area contributed by atoms with Crippen LogP contribution in [-0.2, 0) is 17.8 Å². The number of anilines is 1. The van der Waals surface area contributed by atoms with E-state index in [0.717, 1.165) is 18.7 Å². The first-order valence-electron chi connectivity index (χ1n) is 6.89. The number of nitrogens with zero attached hydrogens (tertiary/aromatic N) is 1. The van der Waals surface area contributed by atoms with Gasteiger partial charge in [0.05, 0.1) is 0 Å². The third-order valence-corrected chi connectivity index (χ3v) is 3.89. The van der Waals surface area contributed by atoms with Gasteiger partial charge in [0.15, 0.2) is 0 Å². The second-order valence-corrected chi connectivity index (χ2v) is 5.07. The highest BCUT2D eigenvalue weighted by Crippen LogP contribution is 2.28. The highest BCUT2D eigenvalue weighted by molar-refractivity contribution is 5.86. The first-order chi connectivity index (χ1) is 9.79. The van der Waals surface area contributed by atoms with Crippen LogP contribution in [0, 0.1) is 0 Å². The van der Waals surface area contributed by atoms with Crippen LogP contribution in [0.4, 0.5) is 5.69 Å². The van der Waals surface area contributed by atoms with Crippen LogP contribution in [0.15, 0.2) is 54.6 Å². The smallest absolute Gasteiger partial charge is 0.242 e. The van der Waals surface area contributed by atoms with Crippen molar-refractivity contribution < 1.29 is 4.79 Å². The van der Waals surface area contributed by atoms with Gasteiger partial charge in [0.2, 0.25) is 5.91 Å². The predicted octanol–water partition coefficient (Wildman–Crippen LogP) is 2.36. The lowest BCUT2D eigenvalue weighted by Crippen LogP contribution is -2.49. The molecule has 0 saturated heterocycles. The number of likely N-dealkylation sites (N-methyl/N-ethyl adjacent to an activating group) is 1. The molecule has 3 nitrogen and oxygen atoms in total. The number of para-hydroxylation sites is 1. The van der Waals surface area contributed by atoms with E-state index in [1.54, 1.807) is 7.05 Å². The molecule has 1 aliphatic heterocycles. The van der Waals surface area contributed by atoms with Gasteiger partial charge >= 0.3 is 0 Å². The van der Waals surface area contributed by atoms with Gasteiger partial charge in [-0.1, -0.05) is 42.5 Å². The Morgan fingerprint density at radius 3 is 2.40 bits per heavy atom. The van der Waals surface area contributed by atoms with Crippen LogP contribution in [0.2, 0.25) is 0 Å². The van der Waals surface area contributed by atoms with Crippen molar-refractivity contribution in [1.29, 1.82) is 0 Å².